The number of halogens is 1. The molecule has 8 heteroatoms. The SMILES string of the molecule is NC(=O)OCC(=CF)Cn1cc2c(n1)CCNC2=O. The minimum absolute atomic E-state index is 0.0874. The van der Waals surface area contributed by atoms with Crippen molar-refractivity contribution in [2.75, 3.05) is 13.2 Å². The summed E-state index contributed by atoms with van der Waals surface area (Å²) in [6, 6.07) is 0. The Morgan fingerprint density at radius 3 is 3.11 bits per heavy atom. The van der Waals surface area contributed by atoms with Crippen LogP contribution in [0.3, 0.4) is 0 Å². The molecule has 2 amide bonds. The summed E-state index contributed by atoms with van der Waals surface area (Å²) in [6.07, 6.45) is 1.54. The number of fused-ring (bicyclic) bond motifs is 1. The first-order chi connectivity index (χ1) is 9.10. The number of nitrogens with one attached hydrogen (secondary N) is 1. The molecule has 2 heterocycles. The molecule has 1 aromatic heterocycles. The smallest absolute Gasteiger partial charge is 0.404 e. The molecule has 19 heavy (non-hydrogen) atoms. The van der Waals surface area contributed by atoms with Crippen LogP contribution in [0.1, 0.15) is 16.1 Å². The van der Waals surface area contributed by atoms with Gasteiger partial charge in [-0.2, -0.15) is 5.10 Å². The number of primary amides is 1. The van der Waals surface area contributed by atoms with Crippen molar-refractivity contribution < 1.29 is 18.7 Å². The lowest BCUT2D eigenvalue weighted by Gasteiger charge is -2.09. The zero-order chi connectivity index (χ0) is 13.8. The van der Waals surface area contributed by atoms with E-state index < -0.39 is 6.09 Å². The van der Waals surface area contributed by atoms with Gasteiger partial charge in [-0.15, -0.1) is 0 Å². The van der Waals surface area contributed by atoms with E-state index in [2.05, 4.69) is 15.2 Å². The lowest BCUT2D eigenvalue weighted by Crippen LogP contribution is -2.31. The van der Waals surface area contributed by atoms with Gasteiger partial charge in [-0.05, 0) is 0 Å². The molecule has 1 aliphatic rings. The summed E-state index contributed by atoms with van der Waals surface area (Å²) in [5, 5.41) is 6.88. The first-order valence-electron chi connectivity index (χ1n) is 5.65. The lowest BCUT2D eigenvalue weighted by molar-refractivity contribution is 0.0946. The second kappa shape index (κ2) is 5.51. The van der Waals surface area contributed by atoms with Gasteiger partial charge in [0.15, 0.2) is 0 Å². The Morgan fingerprint density at radius 2 is 2.47 bits per heavy atom. The van der Waals surface area contributed by atoms with Crippen LogP contribution in [-0.2, 0) is 17.7 Å². The minimum Gasteiger partial charge on any atom is -0.445 e. The third-order valence-electron chi connectivity index (χ3n) is 2.65. The van der Waals surface area contributed by atoms with Gasteiger partial charge in [0, 0.05) is 24.7 Å². The Morgan fingerprint density at radius 1 is 1.68 bits per heavy atom. The number of rotatable bonds is 4. The molecule has 0 fully saturated rings. The molecule has 102 valence electrons. The highest BCUT2D eigenvalue weighted by Crippen LogP contribution is 2.13. The van der Waals surface area contributed by atoms with E-state index in [-0.39, 0.29) is 24.6 Å². The molecular formula is C11H13FN4O3. The van der Waals surface area contributed by atoms with Crippen LogP contribution in [0.2, 0.25) is 0 Å². The number of aromatic nitrogens is 2. The summed E-state index contributed by atoms with van der Waals surface area (Å²) in [7, 11) is 0. The van der Waals surface area contributed by atoms with Crippen molar-refractivity contribution >= 4 is 12.0 Å². The molecular weight excluding hydrogens is 255 g/mol. The maximum atomic E-state index is 12.6. The Hall–Kier alpha value is -2.38. The van der Waals surface area contributed by atoms with Crippen molar-refractivity contribution in [1.29, 1.82) is 0 Å². The fourth-order valence-corrected chi connectivity index (χ4v) is 1.79. The van der Waals surface area contributed by atoms with E-state index >= 15 is 0 Å². The van der Waals surface area contributed by atoms with Crippen LogP contribution in [0, 0.1) is 0 Å². The van der Waals surface area contributed by atoms with Gasteiger partial charge in [0.25, 0.3) is 5.91 Å². The number of amides is 2. The molecule has 0 saturated heterocycles. The van der Waals surface area contributed by atoms with E-state index in [9.17, 15) is 14.0 Å². The molecule has 0 spiro atoms. The predicted octanol–water partition coefficient (Wildman–Crippen LogP) is 0.118. The summed E-state index contributed by atoms with van der Waals surface area (Å²) in [5.41, 5.74) is 6.16. The van der Waals surface area contributed by atoms with Gasteiger partial charge in [0.1, 0.15) is 6.61 Å². The number of carbonyl (C=O) groups excluding carboxylic acids is 2. The van der Waals surface area contributed by atoms with Gasteiger partial charge in [-0.25, -0.2) is 9.18 Å². The van der Waals surface area contributed by atoms with E-state index in [1.807, 2.05) is 0 Å². The summed E-state index contributed by atoms with van der Waals surface area (Å²) in [5.74, 6) is -0.188. The number of hydrogen-bond donors (Lipinski definition) is 2. The molecule has 0 unspecified atom stereocenters. The molecule has 7 nitrogen and oxygen atoms in total. The van der Waals surface area contributed by atoms with E-state index in [0.717, 1.165) is 0 Å². The Kier molecular flexibility index (Phi) is 3.79. The van der Waals surface area contributed by atoms with Gasteiger partial charge in [-0.1, -0.05) is 0 Å². The highest BCUT2D eigenvalue weighted by atomic mass is 19.1. The molecule has 0 radical (unpaired) electrons. The van der Waals surface area contributed by atoms with E-state index in [1.165, 1.54) is 10.9 Å². The van der Waals surface area contributed by atoms with Crippen molar-refractivity contribution in [3.8, 4) is 0 Å². The van der Waals surface area contributed by atoms with E-state index in [4.69, 9.17) is 5.73 Å². The van der Waals surface area contributed by atoms with Crippen molar-refractivity contribution in [3.05, 3.63) is 29.4 Å². The third-order valence-corrected chi connectivity index (χ3v) is 2.65. The molecule has 2 rings (SSSR count). The van der Waals surface area contributed by atoms with Crippen LogP contribution in [0.15, 0.2) is 18.1 Å². The first kappa shape index (κ1) is 13.1. The van der Waals surface area contributed by atoms with Crippen LogP contribution in [-0.4, -0.2) is 34.9 Å². The average Bonchev–Trinajstić information content (AvgIpc) is 2.78. The van der Waals surface area contributed by atoms with Crippen LogP contribution in [0.5, 0.6) is 0 Å². The molecule has 3 N–H and O–H groups in total. The van der Waals surface area contributed by atoms with Crippen molar-refractivity contribution in [2.45, 2.75) is 13.0 Å². The molecule has 1 aromatic rings. The quantitative estimate of drug-likeness (QED) is 0.810. The largest absolute Gasteiger partial charge is 0.445 e. The Labute approximate surface area is 108 Å². The zero-order valence-electron chi connectivity index (χ0n) is 10.1. The standard InChI is InChI=1S/C11H13FN4O3/c12-3-7(6-19-11(13)18)4-16-5-8-9(15-16)1-2-14-10(8)17/h3,5H,1-2,4,6H2,(H2,13,18)(H,14,17). The number of carbonyl (C=O) groups is 2. The van der Waals surface area contributed by atoms with Gasteiger partial charge in [0.2, 0.25) is 0 Å². The van der Waals surface area contributed by atoms with Gasteiger partial charge < -0.3 is 15.8 Å². The molecule has 0 bridgehead atoms. The molecule has 0 saturated carbocycles. The van der Waals surface area contributed by atoms with Crippen LogP contribution < -0.4 is 11.1 Å². The molecule has 1 aliphatic heterocycles. The highest BCUT2D eigenvalue weighted by molar-refractivity contribution is 5.96. The number of nitrogens with two attached hydrogens (primary N) is 1. The molecule has 0 aromatic carbocycles. The second-order valence-electron chi connectivity index (χ2n) is 4.07. The monoisotopic (exact) mass is 268 g/mol. The van der Waals surface area contributed by atoms with Gasteiger partial charge in [-0.3, -0.25) is 9.48 Å². The van der Waals surface area contributed by atoms with Gasteiger partial charge >= 0.3 is 6.09 Å². The number of hydrogen-bond acceptors (Lipinski definition) is 4. The number of ether oxygens (including phenoxy) is 1. The molecule has 0 aliphatic carbocycles. The van der Waals surface area contributed by atoms with Crippen LogP contribution in [0.25, 0.3) is 0 Å². The van der Waals surface area contributed by atoms with Gasteiger partial charge in [0.05, 0.1) is 24.1 Å². The average molecular weight is 268 g/mol. The fourth-order valence-electron chi connectivity index (χ4n) is 1.79. The van der Waals surface area contributed by atoms with E-state index in [0.29, 0.717) is 30.6 Å². The van der Waals surface area contributed by atoms with Crippen LogP contribution >= 0.6 is 0 Å². The predicted molar refractivity (Wildman–Crippen MR) is 63.0 cm³/mol. The summed E-state index contributed by atoms with van der Waals surface area (Å²) >= 11 is 0. The van der Waals surface area contributed by atoms with Crippen LogP contribution in [0.4, 0.5) is 9.18 Å². The summed E-state index contributed by atoms with van der Waals surface area (Å²) in [6.45, 7) is 0.381. The lowest BCUT2D eigenvalue weighted by atomic mass is 10.1. The summed E-state index contributed by atoms with van der Waals surface area (Å²) in [4.78, 5) is 22.0. The third kappa shape index (κ3) is 3.09. The molecule has 0 atom stereocenters. The number of nitrogens with zero attached hydrogens (tertiary/aromatic N) is 2. The second-order valence-corrected chi connectivity index (χ2v) is 4.07. The van der Waals surface area contributed by atoms with Crippen molar-refractivity contribution in [1.82, 2.24) is 15.1 Å². The van der Waals surface area contributed by atoms with E-state index in [1.54, 1.807) is 0 Å². The fraction of sp³-hybridized carbons (Fsp3) is 0.364. The maximum Gasteiger partial charge on any atom is 0.404 e. The highest BCUT2D eigenvalue weighted by Gasteiger charge is 2.20. The maximum absolute atomic E-state index is 12.6. The zero-order valence-corrected chi connectivity index (χ0v) is 10.1. The Balaban J connectivity index is 2.06. The topological polar surface area (TPSA) is 99.2 Å². The van der Waals surface area contributed by atoms with Crippen molar-refractivity contribution in [3.63, 3.8) is 0 Å². The summed E-state index contributed by atoms with van der Waals surface area (Å²) < 4.78 is 18.6. The van der Waals surface area contributed by atoms with Crippen molar-refractivity contribution in [2.24, 2.45) is 5.73 Å². The Bertz CT molecular complexity index is 538. The minimum atomic E-state index is -0.974. The normalized spacial score (nSPS) is 14.8. The first-order valence-corrected chi connectivity index (χ1v) is 5.65.